The van der Waals surface area contributed by atoms with Gasteiger partial charge in [-0.1, -0.05) is 22.9 Å². The molecule has 0 bridgehead atoms. The molecule has 0 aliphatic heterocycles. The van der Waals surface area contributed by atoms with E-state index in [1.54, 1.807) is 48.5 Å². The van der Waals surface area contributed by atoms with Gasteiger partial charge in [0.1, 0.15) is 0 Å². The zero-order valence-electron chi connectivity index (χ0n) is 13.7. The van der Waals surface area contributed by atoms with Crippen LogP contribution in [0.15, 0.2) is 48.5 Å². The minimum Gasteiger partial charge on any atom is -0.382 e. The Labute approximate surface area is 154 Å². The standard InChI is InChI=1S/C17H15ClN6O2/c1-10(25)20-12-5-7-13(8-6-12)21-17(26)15-16(19)24(23-22-15)14-4-2-3-11(18)9-14/h2-9H,19H2,1H3,(H,20,25)(H,21,26). The number of nitrogens with one attached hydrogen (secondary N) is 2. The molecule has 0 aliphatic carbocycles. The lowest BCUT2D eigenvalue weighted by molar-refractivity contribution is -0.114. The molecule has 3 aromatic rings. The molecule has 3 rings (SSSR count). The first kappa shape index (κ1) is 17.4. The van der Waals surface area contributed by atoms with Crippen LogP contribution in [0.4, 0.5) is 17.2 Å². The van der Waals surface area contributed by atoms with Gasteiger partial charge in [0.25, 0.3) is 5.91 Å². The Morgan fingerprint density at radius 1 is 1.08 bits per heavy atom. The zero-order valence-corrected chi connectivity index (χ0v) is 14.5. The van der Waals surface area contributed by atoms with E-state index in [1.807, 2.05) is 0 Å². The number of hydrogen-bond acceptors (Lipinski definition) is 5. The van der Waals surface area contributed by atoms with Gasteiger partial charge in [-0.3, -0.25) is 9.59 Å². The lowest BCUT2D eigenvalue weighted by Gasteiger charge is -2.06. The summed E-state index contributed by atoms with van der Waals surface area (Å²) in [5, 5.41) is 13.6. The summed E-state index contributed by atoms with van der Waals surface area (Å²) in [6.07, 6.45) is 0. The van der Waals surface area contributed by atoms with Gasteiger partial charge in [-0.05, 0) is 42.5 Å². The molecule has 4 N–H and O–H groups in total. The Hall–Kier alpha value is -3.39. The first-order valence-corrected chi connectivity index (χ1v) is 7.98. The highest BCUT2D eigenvalue weighted by Gasteiger charge is 2.18. The first-order valence-electron chi connectivity index (χ1n) is 7.60. The monoisotopic (exact) mass is 370 g/mol. The Balaban J connectivity index is 1.77. The lowest BCUT2D eigenvalue weighted by Crippen LogP contribution is -2.15. The van der Waals surface area contributed by atoms with Crippen molar-refractivity contribution in [2.45, 2.75) is 6.92 Å². The maximum absolute atomic E-state index is 12.4. The van der Waals surface area contributed by atoms with Crippen LogP contribution in [-0.4, -0.2) is 26.8 Å². The van der Waals surface area contributed by atoms with Crippen molar-refractivity contribution in [3.63, 3.8) is 0 Å². The van der Waals surface area contributed by atoms with E-state index in [1.165, 1.54) is 11.6 Å². The Morgan fingerprint density at radius 2 is 1.73 bits per heavy atom. The van der Waals surface area contributed by atoms with Gasteiger partial charge in [-0.25, -0.2) is 0 Å². The second-order valence-corrected chi connectivity index (χ2v) is 5.86. The number of nitrogens with two attached hydrogens (primary N) is 1. The Kier molecular flexibility index (Phi) is 4.85. The van der Waals surface area contributed by atoms with E-state index >= 15 is 0 Å². The molecular formula is C17H15ClN6O2. The van der Waals surface area contributed by atoms with Gasteiger partial charge in [0.05, 0.1) is 5.69 Å². The summed E-state index contributed by atoms with van der Waals surface area (Å²) in [5.41, 5.74) is 7.76. The predicted molar refractivity (Wildman–Crippen MR) is 99.5 cm³/mol. The van der Waals surface area contributed by atoms with Gasteiger partial charge < -0.3 is 16.4 Å². The molecule has 0 spiro atoms. The van der Waals surface area contributed by atoms with Crippen LogP contribution in [0.3, 0.4) is 0 Å². The van der Waals surface area contributed by atoms with Gasteiger partial charge in [0.2, 0.25) is 5.91 Å². The summed E-state index contributed by atoms with van der Waals surface area (Å²) in [7, 11) is 0. The van der Waals surface area contributed by atoms with E-state index in [0.717, 1.165) is 0 Å². The van der Waals surface area contributed by atoms with Crippen LogP contribution in [0, 0.1) is 0 Å². The largest absolute Gasteiger partial charge is 0.382 e. The molecule has 9 heteroatoms. The number of benzene rings is 2. The quantitative estimate of drug-likeness (QED) is 0.653. The molecule has 1 heterocycles. The minimum absolute atomic E-state index is 0.00378. The molecule has 0 aliphatic rings. The molecule has 0 fully saturated rings. The van der Waals surface area contributed by atoms with E-state index < -0.39 is 5.91 Å². The molecule has 0 radical (unpaired) electrons. The summed E-state index contributed by atoms with van der Waals surface area (Å²) in [4.78, 5) is 23.4. The molecule has 8 nitrogen and oxygen atoms in total. The van der Waals surface area contributed by atoms with Crippen molar-refractivity contribution in [2.75, 3.05) is 16.4 Å². The van der Waals surface area contributed by atoms with Gasteiger partial charge in [-0.2, -0.15) is 4.68 Å². The second kappa shape index (κ2) is 7.24. The van der Waals surface area contributed by atoms with E-state index in [0.29, 0.717) is 22.1 Å². The van der Waals surface area contributed by atoms with E-state index in [9.17, 15) is 9.59 Å². The molecule has 26 heavy (non-hydrogen) atoms. The van der Waals surface area contributed by atoms with Crippen LogP contribution >= 0.6 is 11.6 Å². The molecule has 2 aromatic carbocycles. The molecule has 1 aromatic heterocycles. The molecule has 0 saturated carbocycles. The van der Waals surface area contributed by atoms with Crippen molar-refractivity contribution < 1.29 is 9.59 Å². The summed E-state index contributed by atoms with van der Waals surface area (Å²) in [6, 6.07) is 13.5. The molecule has 0 atom stereocenters. The van der Waals surface area contributed by atoms with Crippen molar-refractivity contribution in [3.8, 4) is 5.69 Å². The van der Waals surface area contributed by atoms with Gasteiger partial charge in [-0.15, -0.1) is 5.10 Å². The Morgan fingerprint density at radius 3 is 2.35 bits per heavy atom. The number of carbonyl (C=O) groups excluding carboxylic acids is 2. The van der Waals surface area contributed by atoms with Crippen LogP contribution in [-0.2, 0) is 4.79 Å². The fourth-order valence-corrected chi connectivity index (χ4v) is 2.46. The molecule has 2 amide bonds. The normalized spacial score (nSPS) is 10.4. The number of nitrogen functional groups attached to an aromatic ring is 1. The smallest absolute Gasteiger partial charge is 0.280 e. The average Bonchev–Trinajstić information content (AvgIpc) is 2.98. The van der Waals surface area contributed by atoms with E-state index in [-0.39, 0.29) is 17.4 Å². The molecular weight excluding hydrogens is 356 g/mol. The van der Waals surface area contributed by atoms with Crippen LogP contribution in [0.1, 0.15) is 17.4 Å². The average molecular weight is 371 g/mol. The third-order valence-corrected chi connectivity index (χ3v) is 3.67. The van der Waals surface area contributed by atoms with Crippen molar-refractivity contribution in [2.24, 2.45) is 0 Å². The number of hydrogen-bond donors (Lipinski definition) is 3. The number of halogens is 1. The lowest BCUT2D eigenvalue weighted by atomic mass is 10.2. The van der Waals surface area contributed by atoms with Gasteiger partial charge in [0, 0.05) is 23.3 Å². The number of amides is 2. The fourth-order valence-electron chi connectivity index (χ4n) is 2.28. The van der Waals surface area contributed by atoms with Crippen molar-refractivity contribution in [1.82, 2.24) is 15.0 Å². The Bertz CT molecular complexity index is 968. The van der Waals surface area contributed by atoms with Crippen LogP contribution in [0.2, 0.25) is 5.02 Å². The summed E-state index contributed by atoms with van der Waals surface area (Å²) in [5.74, 6) is -0.574. The topological polar surface area (TPSA) is 115 Å². The highest BCUT2D eigenvalue weighted by Crippen LogP contribution is 2.20. The van der Waals surface area contributed by atoms with E-state index in [4.69, 9.17) is 17.3 Å². The van der Waals surface area contributed by atoms with Crippen LogP contribution < -0.4 is 16.4 Å². The number of aromatic nitrogens is 3. The zero-order chi connectivity index (χ0) is 18.7. The first-order chi connectivity index (χ1) is 12.4. The maximum atomic E-state index is 12.4. The van der Waals surface area contributed by atoms with Crippen molar-refractivity contribution >= 4 is 40.6 Å². The third kappa shape index (κ3) is 3.81. The SMILES string of the molecule is CC(=O)Nc1ccc(NC(=O)c2nnn(-c3cccc(Cl)c3)c2N)cc1. The number of nitrogens with zero attached hydrogens (tertiary/aromatic N) is 3. The van der Waals surface area contributed by atoms with Gasteiger partial charge in [0.15, 0.2) is 11.5 Å². The van der Waals surface area contributed by atoms with Gasteiger partial charge >= 0.3 is 0 Å². The minimum atomic E-state index is -0.497. The van der Waals surface area contributed by atoms with Crippen LogP contribution in [0.5, 0.6) is 0 Å². The predicted octanol–water partition coefficient (Wildman–Crippen LogP) is 2.71. The molecule has 132 valence electrons. The number of rotatable bonds is 4. The molecule has 0 saturated heterocycles. The van der Waals surface area contributed by atoms with Crippen molar-refractivity contribution in [3.05, 3.63) is 59.2 Å². The van der Waals surface area contributed by atoms with E-state index in [2.05, 4.69) is 20.9 Å². The second-order valence-electron chi connectivity index (χ2n) is 5.43. The highest BCUT2D eigenvalue weighted by molar-refractivity contribution is 6.30. The molecule has 0 unspecified atom stereocenters. The summed E-state index contributed by atoms with van der Waals surface area (Å²) in [6.45, 7) is 1.42. The fraction of sp³-hybridized carbons (Fsp3) is 0.0588. The maximum Gasteiger partial charge on any atom is 0.280 e. The third-order valence-electron chi connectivity index (χ3n) is 3.44. The summed E-state index contributed by atoms with van der Waals surface area (Å²) >= 11 is 5.96. The number of carbonyl (C=O) groups is 2. The van der Waals surface area contributed by atoms with Crippen LogP contribution in [0.25, 0.3) is 5.69 Å². The summed E-state index contributed by atoms with van der Waals surface area (Å²) < 4.78 is 1.33. The van der Waals surface area contributed by atoms with Crippen molar-refractivity contribution in [1.29, 1.82) is 0 Å². The highest BCUT2D eigenvalue weighted by atomic mass is 35.5. The number of anilines is 3.